The maximum atomic E-state index is 5.84. The normalized spacial score (nSPS) is 25.4. The van der Waals surface area contributed by atoms with E-state index in [1.54, 1.807) is 0 Å². The smallest absolute Gasteiger partial charge is 0.157 e. The van der Waals surface area contributed by atoms with Crippen LogP contribution in [0.15, 0.2) is 6.33 Å². The molecule has 0 aliphatic heterocycles. The van der Waals surface area contributed by atoms with Crippen molar-refractivity contribution < 1.29 is 0 Å². The summed E-state index contributed by atoms with van der Waals surface area (Å²) in [6.07, 6.45) is 6.30. The van der Waals surface area contributed by atoms with Crippen LogP contribution in [-0.2, 0) is 0 Å². The third-order valence-corrected chi connectivity index (χ3v) is 3.49. The molecule has 5 heteroatoms. The number of hydrogen-bond acceptors (Lipinski definition) is 4. The Kier molecular flexibility index (Phi) is 3.49. The van der Waals surface area contributed by atoms with E-state index in [0.29, 0.717) is 22.7 Å². The van der Waals surface area contributed by atoms with E-state index in [4.69, 9.17) is 17.3 Å². The van der Waals surface area contributed by atoms with Crippen molar-refractivity contribution in [2.75, 3.05) is 11.1 Å². The van der Waals surface area contributed by atoms with Gasteiger partial charge in [0, 0.05) is 6.04 Å². The molecule has 2 rings (SSSR count). The fourth-order valence-corrected chi connectivity index (χ4v) is 2.22. The highest BCUT2D eigenvalue weighted by Gasteiger charge is 2.19. The lowest BCUT2D eigenvalue weighted by Crippen LogP contribution is -2.26. The zero-order valence-corrected chi connectivity index (χ0v) is 10.2. The van der Waals surface area contributed by atoms with Gasteiger partial charge >= 0.3 is 0 Å². The Balaban J connectivity index is 2.01. The van der Waals surface area contributed by atoms with E-state index in [0.717, 1.165) is 5.92 Å². The lowest BCUT2D eigenvalue weighted by atomic mass is 9.87. The Morgan fingerprint density at radius 1 is 1.31 bits per heavy atom. The summed E-state index contributed by atoms with van der Waals surface area (Å²) in [4.78, 5) is 7.95. The van der Waals surface area contributed by atoms with E-state index in [2.05, 4.69) is 22.2 Å². The van der Waals surface area contributed by atoms with Gasteiger partial charge < -0.3 is 11.1 Å². The Hall–Kier alpha value is -1.03. The molecule has 0 aromatic carbocycles. The highest BCUT2D eigenvalue weighted by Crippen LogP contribution is 2.28. The van der Waals surface area contributed by atoms with Crippen molar-refractivity contribution in [2.24, 2.45) is 5.92 Å². The fraction of sp³-hybridized carbons (Fsp3) is 0.636. The number of rotatable bonds is 2. The molecule has 88 valence electrons. The van der Waals surface area contributed by atoms with Gasteiger partial charge in [-0.15, -0.1) is 0 Å². The minimum absolute atomic E-state index is 0.321. The summed E-state index contributed by atoms with van der Waals surface area (Å²) in [6, 6.07) is 0.462. The Bertz CT molecular complexity index is 361. The first-order valence-electron chi connectivity index (χ1n) is 5.69. The molecular formula is C11H17ClN4. The van der Waals surface area contributed by atoms with Crippen molar-refractivity contribution in [1.29, 1.82) is 0 Å². The second kappa shape index (κ2) is 4.87. The highest BCUT2D eigenvalue weighted by atomic mass is 35.5. The van der Waals surface area contributed by atoms with Crippen molar-refractivity contribution in [3.8, 4) is 0 Å². The van der Waals surface area contributed by atoms with Gasteiger partial charge in [0.15, 0.2) is 11.0 Å². The van der Waals surface area contributed by atoms with Crippen molar-refractivity contribution >= 4 is 23.1 Å². The molecule has 4 nitrogen and oxygen atoms in total. The first-order chi connectivity index (χ1) is 7.66. The Morgan fingerprint density at radius 3 is 2.69 bits per heavy atom. The quantitative estimate of drug-likeness (QED) is 0.781. The monoisotopic (exact) mass is 240 g/mol. The van der Waals surface area contributed by atoms with Crippen LogP contribution in [0.4, 0.5) is 11.5 Å². The fourth-order valence-electron chi connectivity index (χ4n) is 2.09. The van der Waals surface area contributed by atoms with Gasteiger partial charge in [0.25, 0.3) is 0 Å². The van der Waals surface area contributed by atoms with E-state index in [-0.39, 0.29) is 0 Å². The third-order valence-electron chi connectivity index (χ3n) is 3.19. The van der Waals surface area contributed by atoms with Crippen LogP contribution in [0, 0.1) is 5.92 Å². The summed E-state index contributed by atoms with van der Waals surface area (Å²) < 4.78 is 0. The first-order valence-corrected chi connectivity index (χ1v) is 6.07. The molecule has 0 saturated heterocycles. The standard InChI is InChI=1S/C11H17ClN4/c1-7-2-4-8(5-3-7)16-11-9(13)10(12)14-6-15-11/h6-8H,2-5,13H2,1H3,(H,14,15,16). The molecule has 0 amide bonds. The SMILES string of the molecule is CC1CCC(Nc2ncnc(Cl)c2N)CC1. The highest BCUT2D eigenvalue weighted by molar-refractivity contribution is 6.32. The van der Waals surface area contributed by atoms with Crippen molar-refractivity contribution in [2.45, 2.75) is 38.6 Å². The molecule has 0 spiro atoms. The molecule has 1 fully saturated rings. The topological polar surface area (TPSA) is 63.8 Å². The van der Waals surface area contributed by atoms with Crippen LogP contribution >= 0.6 is 11.6 Å². The van der Waals surface area contributed by atoms with Crippen LogP contribution in [0.1, 0.15) is 32.6 Å². The average Bonchev–Trinajstić information content (AvgIpc) is 2.28. The summed E-state index contributed by atoms with van der Waals surface area (Å²) in [5, 5.41) is 3.67. The van der Waals surface area contributed by atoms with Crippen LogP contribution in [0.2, 0.25) is 5.15 Å². The minimum Gasteiger partial charge on any atom is -0.393 e. The van der Waals surface area contributed by atoms with E-state index in [1.807, 2.05) is 0 Å². The summed E-state index contributed by atoms with van der Waals surface area (Å²) in [5.41, 5.74) is 6.25. The van der Waals surface area contributed by atoms with Gasteiger partial charge in [-0.3, -0.25) is 0 Å². The van der Waals surface area contributed by atoms with E-state index in [1.165, 1.54) is 32.0 Å². The van der Waals surface area contributed by atoms with Crippen LogP contribution in [0.5, 0.6) is 0 Å². The average molecular weight is 241 g/mol. The Morgan fingerprint density at radius 2 is 2.00 bits per heavy atom. The molecule has 1 aliphatic rings. The van der Waals surface area contributed by atoms with Crippen LogP contribution < -0.4 is 11.1 Å². The number of halogens is 1. The molecule has 1 aromatic rings. The lowest BCUT2D eigenvalue weighted by molar-refractivity contribution is 0.361. The maximum absolute atomic E-state index is 5.84. The van der Waals surface area contributed by atoms with E-state index in [9.17, 15) is 0 Å². The summed E-state index contributed by atoms with van der Waals surface area (Å²) in [7, 11) is 0. The number of nitrogens with two attached hydrogens (primary N) is 1. The van der Waals surface area contributed by atoms with Crippen molar-refractivity contribution in [3.05, 3.63) is 11.5 Å². The van der Waals surface area contributed by atoms with Crippen molar-refractivity contribution in [1.82, 2.24) is 9.97 Å². The largest absolute Gasteiger partial charge is 0.393 e. The number of aromatic nitrogens is 2. The van der Waals surface area contributed by atoms with Crippen molar-refractivity contribution in [3.63, 3.8) is 0 Å². The van der Waals surface area contributed by atoms with Gasteiger partial charge in [0.05, 0.1) is 0 Å². The summed E-state index contributed by atoms with van der Waals surface area (Å²) >= 11 is 5.84. The van der Waals surface area contributed by atoms with E-state index < -0.39 is 0 Å². The second-order valence-electron chi connectivity index (χ2n) is 4.53. The zero-order chi connectivity index (χ0) is 11.5. The van der Waals surface area contributed by atoms with Crippen LogP contribution in [0.25, 0.3) is 0 Å². The third kappa shape index (κ3) is 2.55. The van der Waals surface area contributed by atoms with Gasteiger partial charge in [-0.05, 0) is 31.6 Å². The van der Waals surface area contributed by atoms with Gasteiger partial charge in [-0.1, -0.05) is 18.5 Å². The van der Waals surface area contributed by atoms with Gasteiger partial charge in [0.1, 0.15) is 12.0 Å². The predicted octanol–water partition coefficient (Wildman–Crippen LogP) is 2.70. The summed E-state index contributed by atoms with van der Waals surface area (Å²) in [5.74, 6) is 1.50. The predicted molar refractivity (Wildman–Crippen MR) is 66.5 cm³/mol. The number of nitrogens with one attached hydrogen (secondary N) is 1. The number of nitrogens with zero attached hydrogens (tertiary/aromatic N) is 2. The molecule has 3 N–H and O–H groups in total. The molecule has 0 unspecified atom stereocenters. The molecule has 0 atom stereocenters. The second-order valence-corrected chi connectivity index (χ2v) is 4.89. The number of anilines is 2. The molecular weight excluding hydrogens is 224 g/mol. The molecule has 1 saturated carbocycles. The molecule has 0 bridgehead atoms. The molecule has 0 radical (unpaired) electrons. The van der Waals surface area contributed by atoms with Crippen LogP contribution in [0.3, 0.4) is 0 Å². The Labute approximate surface area is 101 Å². The first kappa shape index (κ1) is 11.5. The minimum atomic E-state index is 0.321. The molecule has 1 aliphatic carbocycles. The number of nitrogen functional groups attached to an aromatic ring is 1. The van der Waals surface area contributed by atoms with E-state index >= 15 is 0 Å². The van der Waals surface area contributed by atoms with Gasteiger partial charge in [0.2, 0.25) is 0 Å². The molecule has 1 heterocycles. The molecule has 1 aromatic heterocycles. The maximum Gasteiger partial charge on any atom is 0.157 e. The molecule has 16 heavy (non-hydrogen) atoms. The van der Waals surface area contributed by atoms with Gasteiger partial charge in [-0.25, -0.2) is 9.97 Å². The zero-order valence-electron chi connectivity index (χ0n) is 9.41. The summed E-state index contributed by atoms with van der Waals surface area (Å²) in [6.45, 7) is 2.30. The number of hydrogen-bond donors (Lipinski definition) is 2. The van der Waals surface area contributed by atoms with Crippen LogP contribution in [-0.4, -0.2) is 16.0 Å². The lowest BCUT2D eigenvalue weighted by Gasteiger charge is -2.27. The van der Waals surface area contributed by atoms with Gasteiger partial charge in [-0.2, -0.15) is 0 Å².